The Kier molecular flexibility index (Phi) is 7.04. The summed E-state index contributed by atoms with van der Waals surface area (Å²) in [6.07, 6.45) is 13.4. The summed E-state index contributed by atoms with van der Waals surface area (Å²) in [7, 11) is 0. The second kappa shape index (κ2) is 9.78. The van der Waals surface area contributed by atoms with Gasteiger partial charge in [0.2, 0.25) is 5.91 Å². The number of amides is 1. The summed E-state index contributed by atoms with van der Waals surface area (Å²) in [4.78, 5) is 16.7. The number of carbonyl (C=O) groups is 1. The third kappa shape index (κ3) is 4.56. The number of aliphatic hydroxyl groups is 2. The molecule has 5 rings (SSSR count). The summed E-state index contributed by atoms with van der Waals surface area (Å²) in [6.45, 7) is 7.89. The molecule has 4 aliphatic carbocycles. The fourth-order valence-corrected chi connectivity index (χ4v) is 9.53. The van der Waals surface area contributed by atoms with Crippen LogP contribution in [0.3, 0.4) is 0 Å². The molecule has 10 atom stereocenters. The van der Waals surface area contributed by atoms with E-state index in [1.807, 2.05) is 12.1 Å². The molecule has 0 saturated heterocycles. The van der Waals surface area contributed by atoms with Crippen molar-refractivity contribution >= 4 is 5.91 Å². The summed E-state index contributed by atoms with van der Waals surface area (Å²) in [5, 5.41) is 24.8. The van der Waals surface area contributed by atoms with E-state index in [0.29, 0.717) is 48.5 Å². The number of rotatable bonds is 6. The van der Waals surface area contributed by atoms with Crippen LogP contribution in [0.5, 0.6) is 0 Å². The van der Waals surface area contributed by atoms with Crippen molar-refractivity contribution in [3.05, 3.63) is 30.1 Å². The van der Waals surface area contributed by atoms with Crippen LogP contribution in [0.2, 0.25) is 0 Å². The van der Waals surface area contributed by atoms with Gasteiger partial charge < -0.3 is 15.5 Å². The largest absolute Gasteiger partial charge is 0.393 e. The molecule has 0 aliphatic heterocycles. The van der Waals surface area contributed by atoms with Crippen molar-refractivity contribution in [2.45, 2.75) is 104 Å². The Bertz CT molecular complexity index is 893. The zero-order chi connectivity index (χ0) is 24.8. The number of aliphatic hydroxyl groups excluding tert-OH is 2. The van der Waals surface area contributed by atoms with Crippen molar-refractivity contribution in [1.82, 2.24) is 10.3 Å². The molecule has 0 bridgehead atoms. The van der Waals surface area contributed by atoms with E-state index >= 15 is 0 Å². The van der Waals surface area contributed by atoms with Crippen molar-refractivity contribution < 1.29 is 15.0 Å². The molecule has 0 aromatic carbocycles. The smallest absolute Gasteiger partial charge is 0.220 e. The summed E-state index contributed by atoms with van der Waals surface area (Å²) >= 11 is 0. The minimum atomic E-state index is -0.222. The highest BCUT2D eigenvalue weighted by atomic mass is 16.3. The summed E-state index contributed by atoms with van der Waals surface area (Å²) in [5.74, 6) is 3.33. The van der Waals surface area contributed by atoms with Gasteiger partial charge in [0.25, 0.3) is 0 Å². The second-order valence-corrected chi connectivity index (χ2v) is 13.1. The minimum Gasteiger partial charge on any atom is -0.393 e. The quantitative estimate of drug-likeness (QED) is 0.527. The lowest BCUT2D eigenvalue weighted by Gasteiger charge is -2.62. The van der Waals surface area contributed by atoms with Gasteiger partial charge in [0.05, 0.1) is 12.2 Å². The van der Waals surface area contributed by atoms with E-state index in [-0.39, 0.29) is 28.9 Å². The molecule has 1 amide bonds. The molecule has 5 heteroatoms. The lowest BCUT2D eigenvalue weighted by Crippen LogP contribution is -2.58. The maximum absolute atomic E-state index is 12.5. The van der Waals surface area contributed by atoms with Gasteiger partial charge in [0, 0.05) is 25.4 Å². The van der Waals surface area contributed by atoms with Crippen LogP contribution in [0.15, 0.2) is 24.5 Å². The van der Waals surface area contributed by atoms with Gasteiger partial charge in [0.15, 0.2) is 0 Å². The molecule has 4 aliphatic rings. The van der Waals surface area contributed by atoms with E-state index in [0.717, 1.165) is 37.7 Å². The molecule has 3 N–H and O–H groups in total. The maximum atomic E-state index is 12.5. The Morgan fingerprint density at radius 3 is 2.66 bits per heavy atom. The number of carbonyl (C=O) groups excluding carboxylic acids is 1. The number of aromatic nitrogens is 1. The third-order valence-corrected chi connectivity index (χ3v) is 11.5. The van der Waals surface area contributed by atoms with Crippen LogP contribution < -0.4 is 5.32 Å². The molecule has 194 valence electrons. The standard InChI is InChI=1S/C30H46N2O3/c1-19(6-9-27(35)32-18-20-5-4-14-31-17-20)23-7-8-24-28-25(11-13-30(23,24)3)29(2)12-10-22(33)15-21(29)16-26(28)34/h4-5,14,17,19,21-26,28,33-34H,6-13,15-16,18H2,1-3H3,(H,32,35). The monoisotopic (exact) mass is 482 g/mol. The zero-order valence-corrected chi connectivity index (χ0v) is 22.0. The Balaban J connectivity index is 1.21. The number of fused-ring (bicyclic) bond motifs is 5. The van der Waals surface area contributed by atoms with E-state index in [1.165, 1.54) is 25.7 Å². The molecule has 4 fully saturated rings. The van der Waals surface area contributed by atoms with Crippen molar-refractivity contribution in [2.24, 2.45) is 46.3 Å². The minimum absolute atomic E-state index is 0.130. The molecule has 4 saturated carbocycles. The maximum Gasteiger partial charge on any atom is 0.220 e. The molecule has 1 aromatic rings. The molecule has 0 spiro atoms. The summed E-state index contributed by atoms with van der Waals surface area (Å²) in [5.41, 5.74) is 1.58. The van der Waals surface area contributed by atoms with E-state index in [4.69, 9.17) is 0 Å². The number of hydrogen-bond acceptors (Lipinski definition) is 4. The number of hydrogen-bond donors (Lipinski definition) is 3. The van der Waals surface area contributed by atoms with Gasteiger partial charge >= 0.3 is 0 Å². The van der Waals surface area contributed by atoms with Crippen LogP contribution in [-0.4, -0.2) is 33.3 Å². The molecule has 1 aromatic heterocycles. The van der Waals surface area contributed by atoms with Crippen LogP contribution in [-0.2, 0) is 11.3 Å². The van der Waals surface area contributed by atoms with Crippen molar-refractivity contribution in [3.8, 4) is 0 Å². The summed E-state index contributed by atoms with van der Waals surface area (Å²) < 4.78 is 0. The first kappa shape index (κ1) is 25.2. The van der Waals surface area contributed by atoms with Crippen LogP contribution in [0.4, 0.5) is 0 Å². The highest BCUT2D eigenvalue weighted by Crippen LogP contribution is 2.68. The van der Waals surface area contributed by atoms with Gasteiger partial charge in [-0.2, -0.15) is 0 Å². The average molecular weight is 483 g/mol. The number of nitrogens with zero attached hydrogens (tertiary/aromatic N) is 1. The van der Waals surface area contributed by atoms with E-state index in [2.05, 4.69) is 31.1 Å². The molecule has 1 heterocycles. The lowest BCUT2D eigenvalue weighted by molar-refractivity contribution is -0.174. The first-order valence-electron chi connectivity index (χ1n) is 14.2. The van der Waals surface area contributed by atoms with Crippen molar-refractivity contribution in [2.75, 3.05) is 0 Å². The predicted octanol–water partition coefficient (Wildman–Crippen LogP) is 5.10. The zero-order valence-electron chi connectivity index (χ0n) is 22.0. The fraction of sp³-hybridized carbons (Fsp3) is 0.800. The van der Waals surface area contributed by atoms with E-state index < -0.39 is 0 Å². The highest BCUT2D eigenvalue weighted by molar-refractivity contribution is 5.75. The van der Waals surface area contributed by atoms with E-state index in [1.54, 1.807) is 12.4 Å². The molecule has 10 unspecified atom stereocenters. The van der Waals surface area contributed by atoms with Gasteiger partial charge in [-0.15, -0.1) is 0 Å². The van der Waals surface area contributed by atoms with Crippen LogP contribution in [0, 0.1) is 46.3 Å². The Hall–Kier alpha value is -1.46. The van der Waals surface area contributed by atoms with Crippen LogP contribution in [0.25, 0.3) is 0 Å². The lowest BCUT2D eigenvalue weighted by atomic mass is 9.43. The highest BCUT2D eigenvalue weighted by Gasteiger charge is 2.62. The van der Waals surface area contributed by atoms with Crippen LogP contribution >= 0.6 is 0 Å². The molecule has 0 radical (unpaired) electrons. The number of pyridine rings is 1. The second-order valence-electron chi connectivity index (χ2n) is 13.1. The SMILES string of the molecule is CC(CCC(=O)NCc1cccnc1)C1CCC2C3C(O)CC4CC(O)CCC4(C)C3CCC12C. The topological polar surface area (TPSA) is 82.5 Å². The summed E-state index contributed by atoms with van der Waals surface area (Å²) in [6, 6.07) is 3.89. The Morgan fingerprint density at radius 2 is 1.89 bits per heavy atom. The Morgan fingerprint density at radius 1 is 1.11 bits per heavy atom. The first-order valence-corrected chi connectivity index (χ1v) is 14.2. The Labute approximate surface area is 211 Å². The number of nitrogens with one attached hydrogen (secondary N) is 1. The van der Waals surface area contributed by atoms with E-state index in [9.17, 15) is 15.0 Å². The molecule has 5 nitrogen and oxygen atoms in total. The van der Waals surface area contributed by atoms with Crippen LogP contribution in [0.1, 0.15) is 90.5 Å². The van der Waals surface area contributed by atoms with Gasteiger partial charge in [0.1, 0.15) is 0 Å². The normalized spacial score (nSPS) is 43.5. The molecular formula is C30H46N2O3. The van der Waals surface area contributed by atoms with Gasteiger partial charge in [-0.1, -0.05) is 26.8 Å². The van der Waals surface area contributed by atoms with Gasteiger partial charge in [-0.3, -0.25) is 9.78 Å². The fourth-order valence-electron chi connectivity index (χ4n) is 9.53. The first-order chi connectivity index (χ1) is 16.7. The predicted molar refractivity (Wildman–Crippen MR) is 137 cm³/mol. The molecule has 35 heavy (non-hydrogen) atoms. The molecular weight excluding hydrogens is 436 g/mol. The van der Waals surface area contributed by atoms with Gasteiger partial charge in [-0.25, -0.2) is 0 Å². The van der Waals surface area contributed by atoms with Crippen molar-refractivity contribution in [1.29, 1.82) is 0 Å². The van der Waals surface area contributed by atoms with Crippen molar-refractivity contribution in [3.63, 3.8) is 0 Å². The van der Waals surface area contributed by atoms with Gasteiger partial charge in [-0.05, 0) is 116 Å². The third-order valence-electron chi connectivity index (χ3n) is 11.5. The average Bonchev–Trinajstić information content (AvgIpc) is 3.20.